The van der Waals surface area contributed by atoms with E-state index in [0.717, 1.165) is 19.5 Å². The third kappa shape index (κ3) is 4.61. The maximum absolute atomic E-state index is 10.7. The SMILES string of the molecule is CS(=O)(=O)CCC1CNC1.Cl. The standard InChI is InChI=1S/C6H13NO2S.ClH/c1-10(8,9)3-2-6-4-7-5-6;/h6-7H,2-5H2,1H3;1H. The van der Waals surface area contributed by atoms with Crippen LogP contribution < -0.4 is 5.32 Å². The van der Waals surface area contributed by atoms with E-state index in [0.29, 0.717) is 11.7 Å². The van der Waals surface area contributed by atoms with Gasteiger partial charge in [-0.1, -0.05) is 0 Å². The second kappa shape index (κ2) is 4.28. The van der Waals surface area contributed by atoms with Crippen LogP contribution in [0.2, 0.25) is 0 Å². The molecular weight excluding hydrogens is 186 g/mol. The molecule has 1 aliphatic heterocycles. The number of hydrogen-bond acceptors (Lipinski definition) is 3. The van der Waals surface area contributed by atoms with Crippen LogP contribution >= 0.6 is 12.4 Å². The molecule has 68 valence electrons. The lowest BCUT2D eigenvalue weighted by Gasteiger charge is -2.26. The molecule has 0 atom stereocenters. The zero-order chi connectivity index (χ0) is 7.61. The Kier molecular flexibility index (Phi) is 4.36. The molecule has 1 heterocycles. The van der Waals surface area contributed by atoms with Crippen molar-refractivity contribution in [3.05, 3.63) is 0 Å². The number of sulfone groups is 1. The lowest BCUT2D eigenvalue weighted by atomic mass is 10.0. The fourth-order valence-electron chi connectivity index (χ4n) is 0.933. The first kappa shape index (κ1) is 11.2. The maximum Gasteiger partial charge on any atom is 0.147 e. The van der Waals surface area contributed by atoms with Crippen LogP contribution in [-0.4, -0.2) is 33.5 Å². The molecule has 0 spiro atoms. The minimum absolute atomic E-state index is 0. The maximum atomic E-state index is 10.7. The van der Waals surface area contributed by atoms with Crippen molar-refractivity contribution in [1.29, 1.82) is 0 Å². The summed E-state index contributed by atoms with van der Waals surface area (Å²) in [5, 5.41) is 3.10. The third-order valence-electron chi connectivity index (χ3n) is 1.76. The normalized spacial score (nSPS) is 18.6. The number of rotatable bonds is 3. The summed E-state index contributed by atoms with van der Waals surface area (Å²) < 4.78 is 21.3. The highest BCUT2D eigenvalue weighted by molar-refractivity contribution is 7.90. The smallest absolute Gasteiger partial charge is 0.147 e. The van der Waals surface area contributed by atoms with Gasteiger partial charge >= 0.3 is 0 Å². The van der Waals surface area contributed by atoms with Gasteiger partial charge in [0.05, 0.1) is 5.75 Å². The fraction of sp³-hybridized carbons (Fsp3) is 1.00. The van der Waals surface area contributed by atoms with E-state index < -0.39 is 9.84 Å². The first-order valence-electron chi connectivity index (χ1n) is 3.46. The highest BCUT2D eigenvalue weighted by atomic mass is 35.5. The van der Waals surface area contributed by atoms with E-state index >= 15 is 0 Å². The van der Waals surface area contributed by atoms with Gasteiger partial charge in [-0.2, -0.15) is 0 Å². The Balaban J connectivity index is 0.000001000. The highest BCUT2D eigenvalue weighted by Crippen LogP contribution is 2.08. The molecule has 1 aliphatic rings. The van der Waals surface area contributed by atoms with Gasteiger partial charge in [0.25, 0.3) is 0 Å². The molecule has 1 fully saturated rings. The summed E-state index contributed by atoms with van der Waals surface area (Å²) in [5.74, 6) is 0.953. The Hall–Kier alpha value is 0.200. The second-order valence-electron chi connectivity index (χ2n) is 2.94. The van der Waals surface area contributed by atoms with Crippen LogP contribution in [-0.2, 0) is 9.84 Å². The van der Waals surface area contributed by atoms with Gasteiger partial charge < -0.3 is 5.32 Å². The molecule has 1 N–H and O–H groups in total. The van der Waals surface area contributed by atoms with Crippen LogP contribution in [0.25, 0.3) is 0 Å². The molecule has 0 unspecified atom stereocenters. The molecule has 0 aromatic heterocycles. The van der Waals surface area contributed by atoms with Crippen LogP contribution in [0.1, 0.15) is 6.42 Å². The molecule has 0 aliphatic carbocycles. The zero-order valence-electron chi connectivity index (χ0n) is 6.54. The molecule has 0 amide bonds. The van der Waals surface area contributed by atoms with Crippen molar-refractivity contribution in [1.82, 2.24) is 5.32 Å². The average molecular weight is 200 g/mol. The third-order valence-corrected chi connectivity index (χ3v) is 2.74. The topological polar surface area (TPSA) is 46.2 Å². The van der Waals surface area contributed by atoms with Crippen molar-refractivity contribution >= 4 is 22.2 Å². The molecule has 0 radical (unpaired) electrons. The summed E-state index contributed by atoms with van der Waals surface area (Å²) in [6, 6.07) is 0. The van der Waals surface area contributed by atoms with E-state index in [1.807, 2.05) is 0 Å². The van der Waals surface area contributed by atoms with Crippen LogP contribution in [0, 0.1) is 5.92 Å². The first-order valence-corrected chi connectivity index (χ1v) is 5.52. The van der Waals surface area contributed by atoms with Gasteiger partial charge in [0, 0.05) is 6.26 Å². The van der Waals surface area contributed by atoms with Crippen molar-refractivity contribution in [2.45, 2.75) is 6.42 Å². The molecule has 0 aromatic carbocycles. The summed E-state index contributed by atoms with van der Waals surface area (Å²) in [6.07, 6.45) is 2.12. The molecule has 1 rings (SSSR count). The minimum atomic E-state index is -2.72. The van der Waals surface area contributed by atoms with E-state index in [9.17, 15) is 8.42 Å². The lowest BCUT2D eigenvalue weighted by molar-refractivity contribution is 0.339. The summed E-state index contributed by atoms with van der Waals surface area (Å²) in [6.45, 7) is 1.99. The summed E-state index contributed by atoms with van der Waals surface area (Å²) in [7, 11) is -2.72. The molecular formula is C6H14ClNO2S. The Bertz CT molecular complexity index is 199. The van der Waals surface area contributed by atoms with Gasteiger partial charge in [0.2, 0.25) is 0 Å². The average Bonchev–Trinajstić information content (AvgIpc) is 1.56. The second-order valence-corrected chi connectivity index (χ2v) is 5.20. The first-order chi connectivity index (χ1) is 4.58. The van der Waals surface area contributed by atoms with Crippen molar-refractivity contribution in [3.8, 4) is 0 Å². The predicted octanol–water partition coefficient (Wildman–Crippen LogP) is 0.0623. The molecule has 0 saturated carbocycles. The molecule has 11 heavy (non-hydrogen) atoms. The van der Waals surface area contributed by atoms with Crippen LogP contribution in [0.4, 0.5) is 0 Å². The summed E-state index contributed by atoms with van der Waals surface area (Å²) in [5.41, 5.74) is 0. The van der Waals surface area contributed by atoms with E-state index in [-0.39, 0.29) is 12.4 Å². The van der Waals surface area contributed by atoms with E-state index in [1.165, 1.54) is 6.26 Å². The number of hydrogen-bond donors (Lipinski definition) is 1. The zero-order valence-corrected chi connectivity index (χ0v) is 8.17. The van der Waals surface area contributed by atoms with Gasteiger partial charge in [-0.15, -0.1) is 12.4 Å². The van der Waals surface area contributed by atoms with E-state index in [4.69, 9.17) is 0 Å². The van der Waals surface area contributed by atoms with E-state index in [2.05, 4.69) is 5.32 Å². The van der Waals surface area contributed by atoms with E-state index in [1.54, 1.807) is 0 Å². The van der Waals surface area contributed by atoms with Crippen LogP contribution in [0.5, 0.6) is 0 Å². The van der Waals surface area contributed by atoms with Gasteiger partial charge in [0.1, 0.15) is 9.84 Å². The lowest BCUT2D eigenvalue weighted by Crippen LogP contribution is -2.42. The van der Waals surface area contributed by atoms with Gasteiger partial charge in [-0.3, -0.25) is 0 Å². The van der Waals surface area contributed by atoms with Gasteiger partial charge in [0.15, 0.2) is 0 Å². The predicted molar refractivity (Wildman–Crippen MR) is 47.9 cm³/mol. The Morgan fingerprint density at radius 1 is 1.45 bits per heavy atom. The van der Waals surface area contributed by atoms with Crippen LogP contribution in [0.15, 0.2) is 0 Å². The van der Waals surface area contributed by atoms with Crippen LogP contribution in [0.3, 0.4) is 0 Å². The molecule has 5 heteroatoms. The summed E-state index contributed by atoms with van der Waals surface area (Å²) >= 11 is 0. The number of nitrogens with one attached hydrogen (secondary N) is 1. The molecule has 0 aromatic rings. The molecule has 1 saturated heterocycles. The largest absolute Gasteiger partial charge is 0.316 e. The Labute approximate surface area is 73.9 Å². The summed E-state index contributed by atoms with van der Waals surface area (Å²) in [4.78, 5) is 0. The molecule has 3 nitrogen and oxygen atoms in total. The Morgan fingerprint density at radius 3 is 2.27 bits per heavy atom. The van der Waals surface area contributed by atoms with Crippen molar-refractivity contribution in [2.24, 2.45) is 5.92 Å². The highest BCUT2D eigenvalue weighted by Gasteiger charge is 2.17. The van der Waals surface area contributed by atoms with Crippen molar-refractivity contribution in [2.75, 3.05) is 25.1 Å². The van der Waals surface area contributed by atoms with Gasteiger partial charge in [-0.05, 0) is 25.4 Å². The van der Waals surface area contributed by atoms with Crippen molar-refractivity contribution < 1.29 is 8.42 Å². The fourth-order valence-corrected chi connectivity index (χ4v) is 1.69. The quantitative estimate of drug-likeness (QED) is 0.700. The van der Waals surface area contributed by atoms with Gasteiger partial charge in [-0.25, -0.2) is 8.42 Å². The number of halogens is 1. The minimum Gasteiger partial charge on any atom is -0.316 e. The molecule has 0 bridgehead atoms. The Morgan fingerprint density at radius 2 is 2.00 bits per heavy atom. The van der Waals surface area contributed by atoms with Crippen molar-refractivity contribution in [3.63, 3.8) is 0 Å². The monoisotopic (exact) mass is 199 g/mol.